The molecule has 6 nitrogen and oxygen atoms in total. The van der Waals surface area contributed by atoms with Crippen LogP contribution in [0.15, 0.2) is 66.9 Å². The maximum atomic E-state index is 14.1. The Morgan fingerprint density at radius 3 is 2.56 bits per heavy atom. The van der Waals surface area contributed by atoms with Gasteiger partial charge in [-0.25, -0.2) is 4.39 Å². The average Bonchev–Trinajstić information content (AvgIpc) is 3.35. The number of rotatable bonds is 9. The minimum Gasteiger partial charge on any atom is -0.494 e. The highest BCUT2D eigenvalue weighted by Crippen LogP contribution is 2.33. The fraction of sp³-hybridized carbons (Fsp3) is 0.379. The predicted octanol–water partition coefficient (Wildman–Crippen LogP) is 5.29. The molecule has 1 aromatic heterocycles. The molecule has 0 fully saturated rings. The van der Waals surface area contributed by atoms with Crippen LogP contribution in [0.5, 0.6) is 5.75 Å². The van der Waals surface area contributed by atoms with Crippen LogP contribution in [0.4, 0.5) is 4.39 Å². The molecule has 1 atom stereocenters. The molecule has 1 aliphatic heterocycles. The minimum atomic E-state index is -0.416. The van der Waals surface area contributed by atoms with Gasteiger partial charge in [0.05, 0.1) is 12.6 Å². The number of unbranched alkanes of at least 4 members (excludes halogenated alkanes) is 1. The summed E-state index contributed by atoms with van der Waals surface area (Å²) < 4.78 is 21.9. The maximum absolute atomic E-state index is 14.1. The Morgan fingerprint density at radius 2 is 1.86 bits per heavy atom. The molecule has 2 heterocycles. The largest absolute Gasteiger partial charge is 0.494 e. The molecule has 0 saturated heterocycles. The monoisotopic (exact) mass is 491 g/mol. The molecule has 1 aliphatic rings. The first kappa shape index (κ1) is 25.5. The smallest absolute Gasteiger partial charge is 0.254 e. The molecule has 0 bridgehead atoms. The number of halogens is 1. The third-order valence-corrected chi connectivity index (χ3v) is 6.58. The Kier molecular flexibility index (Phi) is 8.08. The van der Waals surface area contributed by atoms with E-state index in [0.717, 1.165) is 24.3 Å². The van der Waals surface area contributed by atoms with Crippen LogP contribution >= 0.6 is 0 Å². The van der Waals surface area contributed by atoms with E-state index in [9.17, 15) is 14.0 Å². The fourth-order valence-electron chi connectivity index (χ4n) is 4.60. The first-order valence-electron chi connectivity index (χ1n) is 12.6. The Labute approximate surface area is 212 Å². The zero-order chi connectivity index (χ0) is 25.7. The molecule has 190 valence electrons. The highest BCUT2D eigenvalue weighted by Gasteiger charge is 2.34. The van der Waals surface area contributed by atoms with Crippen molar-refractivity contribution in [2.75, 3.05) is 19.7 Å². The van der Waals surface area contributed by atoms with E-state index in [2.05, 4.69) is 11.5 Å². The van der Waals surface area contributed by atoms with Crippen molar-refractivity contribution in [3.63, 3.8) is 0 Å². The summed E-state index contributed by atoms with van der Waals surface area (Å²) in [5.74, 6) is 0.00513. The summed E-state index contributed by atoms with van der Waals surface area (Å²) in [6, 6.07) is 16.8. The second-order valence-electron chi connectivity index (χ2n) is 9.42. The van der Waals surface area contributed by atoms with Crippen molar-refractivity contribution in [2.24, 2.45) is 0 Å². The Bertz CT molecular complexity index is 1190. The van der Waals surface area contributed by atoms with Crippen LogP contribution in [0, 0.1) is 5.82 Å². The minimum absolute atomic E-state index is 0.0578. The number of nitrogens with zero attached hydrogens (tertiary/aromatic N) is 3. The van der Waals surface area contributed by atoms with Gasteiger partial charge in [-0.15, -0.1) is 0 Å². The molecule has 7 heteroatoms. The normalized spacial score (nSPS) is 15.0. The lowest BCUT2D eigenvalue weighted by molar-refractivity contribution is -0.135. The van der Waals surface area contributed by atoms with Gasteiger partial charge in [0, 0.05) is 36.6 Å². The van der Waals surface area contributed by atoms with Crippen molar-refractivity contribution in [3.8, 4) is 5.75 Å². The standard InChI is InChI=1S/C29H34FN3O3/c1-4-5-18-36-25-13-11-22(12-14-25)29(35)33(21(2)3)20-27(34)32-17-16-31-15-7-10-26(31)28(32)23-8-6-9-24(30)19-23/h6-15,19,21,28H,4-5,16-18,20H2,1-3H3/t28-/m0/s1. The molecule has 0 aliphatic carbocycles. The van der Waals surface area contributed by atoms with Crippen molar-refractivity contribution in [3.05, 3.63) is 89.5 Å². The number of carbonyl (C=O) groups is 2. The molecule has 4 rings (SSSR count). The van der Waals surface area contributed by atoms with Crippen LogP contribution in [0.1, 0.15) is 61.3 Å². The van der Waals surface area contributed by atoms with Gasteiger partial charge in [-0.3, -0.25) is 9.59 Å². The van der Waals surface area contributed by atoms with E-state index in [1.54, 1.807) is 40.1 Å². The van der Waals surface area contributed by atoms with E-state index in [1.165, 1.54) is 12.1 Å². The van der Waals surface area contributed by atoms with Gasteiger partial charge in [0.25, 0.3) is 5.91 Å². The van der Waals surface area contributed by atoms with Gasteiger partial charge in [0.15, 0.2) is 0 Å². The van der Waals surface area contributed by atoms with Crippen molar-refractivity contribution in [2.45, 2.75) is 52.2 Å². The van der Waals surface area contributed by atoms with Gasteiger partial charge in [-0.2, -0.15) is 0 Å². The summed E-state index contributed by atoms with van der Waals surface area (Å²) in [4.78, 5) is 30.4. The molecule has 36 heavy (non-hydrogen) atoms. The number of aromatic nitrogens is 1. The van der Waals surface area contributed by atoms with E-state index in [1.807, 2.05) is 38.2 Å². The van der Waals surface area contributed by atoms with Crippen LogP contribution in [0.2, 0.25) is 0 Å². The topological polar surface area (TPSA) is 54.8 Å². The van der Waals surface area contributed by atoms with Crippen molar-refractivity contribution in [1.29, 1.82) is 0 Å². The van der Waals surface area contributed by atoms with Crippen LogP contribution < -0.4 is 4.74 Å². The van der Waals surface area contributed by atoms with Crippen molar-refractivity contribution < 1.29 is 18.7 Å². The summed E-state index contributed by atoms with van der Waals surface area (Å²) in [6.45, 7) is 7.62. The number of hydrogen-bond donors (Lipinski definition) is 0. The summed E-state index contributed by atoms with van der Waals surface area (Å²) >= 11 is 0. The Hall–Kier alpha value is -3.61. The highest BCUT2D eigenvalue weighted by molar-refractivity contribution is 5.97. The number of benzene rings is 2. The number of carbonyl (C=O) groups excluding carboxylic acids is 2. The zero-order valence-electron chi connectivity index (χ0n) is 21.2. The summed E-state index contributed by atoms with van der Waals surface area (Å²) in [5.41, 5.74) is 2.15. The van der Waals surface area contributed by atoms with Gasteiger partial charge in [-0.1, -0.05) is 25.5 Å². The SMILES string of the molecule is CCCCOc1ccc(C(=O)N(CC(=O)N2CCn3cccc3[C@@H]2c2cccc(F)c2)C(C)C)cc1. The predicted molar refractivity (Wildman–Crippen MR) is 137 cm³/mol. The first-order valence-corrected chi connectivity index (χ1v) is 12.6. The third kappa shape index (κ3) is 5.61. The van der Waals surface area contributed by atoms with E-state index in [-0.39, 0.29) is 30.2 Å². The molecule has 0 N–H and O–H groups in total. The van der Waals surface area contributed by atoms with Crippen molar-refractivity contribution >= 4 is 11.8 Å². The summed E-state index contributed by atoms with van der Waals surface area (Å²) in [6.07, 6.45) is 4.00. The number of fused-ring (bicyclic) bond motifs is 1. The van der Waals surface area contributed by atoms with E-state index in [4.69, 9.17) is 4.74 Å². The Balaban J connectivity index is 1.53. The fourth-order valence-corrected chi connectivity index (χ4v) is 4.60. The zero-order valence-corrected chi connectivity index (χ0v) is 21.2. The molecule has 0 saturated carbocycles. The van der Waals surface area contributed by atoms with Crippen LogP contribution in [0.3, 0.4) is 0 Å². The average molecular weight is 492 g/mol. The quantitative estimate of drug-likeness (QED) is 0.382. The van der Waals surface area contributed by atoms with Crippen LogP contribution in [-0.4, -0.2) is 51.9 Å². The molecule has 0 spiro atoms. The second kappa shape index (κ2) is 11.4. The maximum Gasteiger partial charge on any atom is 0.254 e. The number of ether oxygens (including phenoxy) is 1. The Morgan fingerprint density at radius 1 is 1.08 bits per heavy atom. The lowest BCUT2D eigenvalue weighted by Crippen LogP contribution is -2.49. The van der Waals surface area contributed by atoms with Crippen molar-refractivity contribution in [1.82, 2.24) is 14.4 Å². The molecular formula is C29H34FN3O3. The summed E-state index contributed by atoms with van der Waals surface area (Å²) in [7, 11) is 0. The molecular weight excluding hydrogens is 457 g/mol. The second-order valence-corrected chi connectivity index (χ2v) is 9.42. The first-order chi connectivity index (χ1) is 17.4. The molecule has 2 amide bonds. The van der Waals surface area contributed by atoms with Crippen LogP contribution in [-0.2, 0) is 11.3 Å². The van der Waals surface area contributed by atoms with Gasteiger partial charge in [-0.05, 0) is 74.4 Å². The molecule has 2 aromatic carbocycles. The van der Waals surface area contributed by atoms with Gasteiger partial charge < -0.3 is 19.1 Å². The molecule has 0 radical (unpaired) electrons. The van der Waals surface area contributed by atoms with E-state index in [0.29, 0.717) is 30.8 Å². The number of hydrogen-bond acceptors (Lipinski definition) is 3. The van der Waals surface area contributed by atoms with Gasteiger partial charge in [0.2, 0.25) is 5.91 Å². The lowest BCUT2D eigenvalue weighted by atomic mass is 9.99. The highest BCUT2D eigenvalue weighted by atomic mass is 19.1. The molecule has 3 aromatic rings. The van der Waals surface area contributed by atoms with E-state index < -0.39 is 6.04 Å². The lowest BCUT2D eigenvalue weighted by Gasteiger charge is -2.39. The third-order valence-electron chi connectivity index (χ3n) is 6.58. The van der Waals surface area contributed by atoms with Gasteiger partial charge in [0.1, 0.15) is 18.1 Å². The van der Waals surface area contributed by atoms with Gasteiger partial charge >= 0.3 is 0 Å². The van der Waals surface area contributed by atoms with E-state index >= 15 is 0 Å². The molecule has 0 unspecified atom stereocenters. The van der Waals surface area contributed by atoms with Crippen LogP contribution in [0.25, 0.3) is 0 Å². The number of amides is 2. The summed E-state index contributed by atoms with van der Waals surface area (Å²) in [5, 5.41) is 0.